The molecule has 0 unspecified atom stereocenters. The Bertz CT molecular complexity index is 546. The topological polar surface area (TPSA) is 102 Å². The third-order valence-corrected chi connectivity index (χ3v) is 2.17. The smallest absolute Gasteiger partial charge is 0.327 e. The third-order valence-electron chi connectivity index (χ3n) is 2.17. The summed E-state index contributed by atoms with van der Waals surface area (Å²) < 4.78 is 5.88. The Hall–Kier alpha value is -2.64. The van der Waals surface area contributed by atoms with Crippen LogP contribution < -0.4 is 5.32 Å². The van der Waals surface area contributed by atoms with Gasteiger partial charge in [-0.1, -0.05) is 0 Å². The molecule has 0 spiro atoms. The van der Waals surface area contributed by atoms with Gasteiger partial charge in [-0.05, 0) is 0 Å². The molecule has 0 radical (unpaired) electrons. The molecule has 0 aromatic carbocycles. The van der Waals surface area contributed by atoms with E-state index in [9.17, 15) is 9.59 Å². The van der Waals surface area contributed by atoms with Crippen LogP contribution in [0.1, 0.15) is 10.4 Å². The van der Waals surface area contributed by atoms with Gasteiger partial charge in [0.25, 0.3) is 5.91 Å². The number of ether oxygens (including phenoxy) is 1. The zero-order chi connectivity index (χ0) is 13.0. The molecular weight excluding hydrogens is 238 g/mol. The minimum Gasteiger partial charge on any atom is -0.468 e. The van der Waals surface area contributed by atoms with Gasteiger partial charge in [0.1, 0.15) is 6.54 Å². The van der Waals surface area contributed by atoms with Crippen molar-refractivity contribution in [3.63, 3.8) is 0 Å². The van der Waals surface area contributed by atoms with Crippen LogP contribution in [0.25, 0.3) is 0 Å². The lowest BCUT2D eigenvalue weighted by atomic mass is 10.3. The number of aromatic nitrogens is 4. The van der Waals surface area contributed by atoms with Crippen LogP contribution in [-0.2, 0) is 16.1 Å². The van der Waals surface area contributed by atoms with E-state index in [0.29, 0.717) is 11.3 Å². The van der Waals surface area contributed by atoms with Crippen molar-refractivity contribution in [2.24, 2.45) is 0 Å². The monoisotopic (exact) mass is 249 g/mol. The van der Waals surface area contributed by atoms with Crippen molar-refractivity contribution < 1.29 is 14.3 Å². The standard InChI is InChI=1S/C10H11N5O3/c1-18-9(16)6-15-5-8(4-13-15)14-10(17)7-2-11-12-3-7/h2-5H,6H2,1H3,(H,11,12)(H,14,17). The first-order valence-electron chi connectivity index (χ1n) is 5.08. The van der Waals surface area contributed by atoms with Crippen LogP contribution in [0, 0.1) is 0 Å². The van der Waals surface area contributed by atoms with Gasteiger partial charge >= 0.3 is 5.97 Å². The number of amides is 1. The van der Waals surface area contributed by atoms with E-state index in [1.165, 1.54) is 36.6 Å². The third kappa shape index (κ3) is 2.73. The lowest BCUT2D eigenvalue weighted by Gasteiger charge is -1.99. The highest BCUT2D eigenvalue weighted by Gasteiger charge is 2.09. The molecule has 0 bridgehead atoms. The Balaban J connectivity index is 1.98. The number of rotatable bonds is 4. The lowest BCUT2D eigenvalue weighted by molar-refractivity contribution is -0.141. The molecule has 8 heteroatoms. The second-order valence-electron chi connectivity index (χ2n) is 3.44. The molecule has 0 aliphatic carbocycles. The van der Waals surface area contributed by atoms with Gasteiger partial charge in [0.05, 0.1) is 30.8 Å². The van der Waals surface area contributed by atoms with E-state index in [-0.39, 0.29) is 12.5 Å². The summed E-state index contributed by atoms with van der Waals surface area (Å²) in [6, 6.07) is 0. The minimum absolute atomic E-state index is 0.00190. The fourth-order valence-corrected chi connectivity index (χ4v) is 1.29. The van der Waals surface area contributed by atoms with Crippen molar-refractivity contribution in [2.45, 2.75) is 6.54 Å². The number of hydrogen-bond donors (Lipinski definition) is 2. The second-order valence-corrected chi connectivity index (χ2v) is 3.44. The van der Waals surface area contributed by atoms with Crippen LogP contribution in [0.15, 0.2) is 24.8 Å². The number of nitrogens with zero attached hydrogens (tertiary/aromatic N) is 3. The van der Waals surface area contributed by atoms with E-state index in [2.05, 4.69) is 25.3 Å². The van der Waals surface area contributed by atoms with Crippen LogP contribution in [0.2, 0.25) is 0 Å². The Morgan fingerprint density at radius 3 is 3.00 bits per heavy atom. The summed E-state index contributed by atoms with van der Waals surface area (Å²) in [5.41, 5.74) is 0.904. The number of nitrogens with one attached hydrogen (secondary N) is 2. The SMILES string of the molecule is COC(=O)Cn1cc(NC(=O)c2cn[nH]c2)cn1. The van der Waals surface area contributed by atoms with Crippen molar-refractivity contribution in [3.8, 4) is 0 Å². The molecule has 1 amide bonds. The van der Waals surface area contributed by atoms with Crippen LogP contribution in [0.5, 0.6) is 0 Å². The summed E-state index contributed by atoms with van der Waals surface area (Å²) in [5.74, 6) is -0.716. The van der Waals surface area contributed by atoms with E-state index in [4.69, 9.17) is 0 Å². The Morgan fingerprint density at radius 2 is 2.33 bits per heavy atom. The van der Waals surface area contributed by atoms with Crippen molar-refractivity contribution in [1.29, 1.82) is 0 Å². The fourth-order valence-electron chi connectivity index (χ4n) is 1.29. The van der Waals surface area contributed by atoms with E-state index < -0.39 is 5.97 Å². The summed E-state index contributed by atoms with van der Waals surface area (Å²) >= 11 is 0. The minimum atomic E-state index is -0.411. The molecule has 0 aliphatic heterocycles. The molecule has 0 aliphatic rings. The summed E-state index contributed by atoms with van der Waals surface area (Å²) in [6.07, 6.45) is 5.87. The fraction of sp³-hybridized carbons (Fsp3) is 0.200. The number of H-pyrrole nitrogens is 1. The van der Waals surface area contributed by atoms with Crippen LogP contribution in [0.3, 0.4) is 0 Å². The zero-order valence-electron chi connectivity index (χ0n) is 9.58. The first-order chi connectivity index (χ1) is 8.69. The average molecular weight is 249 g/mol. The number of methoxy groups -OCH3 is 1. The number of anilines is 1. The van der Waals surface area contributed by atoms with Crippen molar-refractivity contribution in [1.82, 2.24) is 20.0 Å². The molecule has 0 saturated carbocycles. The second kappa shape index (κ2) is 5.13. The number of carbonyl (C=O) groups excluding carboxylic acids is 2. The zero-order valence-corrected chi connectivity index (χ0v) is 9.58. The van der Waals surface area contributed by atoms with E-state index in [1.807, 2.05) is 0 Å². The van der Waals surface area contributed by atoms with Gasteiger partial charge in [-0.15, -0.1) is 0 Å². The summed E-state index contributed by atoms with van der Waals surface area (Å²) in [7, 11) is 1.30. The maximum atomic E-state index is 11.7. The summed E-state index contributed by atoms with van der Waals surface area (Å²) in [4.78, 5) is 22.7. The highest BCUT2D eigenvalue weighted by atomic mass is 16.5. The molecule has 18 heavy (non-hydrogen) atoms. The largest absolute Gasteiger partial charge is 0.468 e. The van der Waals surface area contributed by atoms with Gasteiger partial charge in [-0.25, -0.2) is 0 Å². The van der Waals surface area contributed by atoms with E-state index in [1.54, 1.807) is 0 Å². The Labute approximate surface area is 102 Å². The Morgan fingerprint density at radius 1 is 1.50 bits per heavy atom. The molecule has 2 heterocycles. The summed E-state index contributed by atoms with van der Waals surface area (Å²) in [6.45, 7) is -0.00190. The van der Waals surface area contributed by atoms with E-state index in [0.717, 1.165) is 0 Å². The van der Waals surface area contributed by atoms with Gasteiger partial charge in [-0.2, -0.15) is 10.2 Å². The average Bonchev–Trinajstić information content (AvgIpc) is 3.00. The van der Waals surface area contributed by atoms with E-state index >= 15 is 0 Å². The molecular formula is C10H11N5O3. The van der Waals surface area contributed by atoms with Gasteiger partial charge < -0.3 is 10.1 Å². The molecule has 0 fully saturated rings. The molecule has 0 saturated heterocycles. The quantitative estimate of drug-likeness (QED) is 0.744. The molecule has 2 N–H and O–H groups in total. The Kier molecular flexibility index (Phi) is 3.37. The van der Waals surface area contributed by atoms with Crippen molar-refractivity contribution in [2.75, 3.05) is 12.4 Å². The summed E-state index contributed by atoms with van der Waals surface area (Å²) in [5, 5.41) is 12.8. The van der Waals surface area contributed by atoms with Crippen LogP contribution in [0.4, 0.5) is 5.69 Å². The maximum Gasteiger partial charge on any atom is 0.327 e. The first kappa shape index (κ1) is 11.8. The predicted octanol–water partition coefficient (Wildman–Crippen LogP) is 0.0315. The highest BCUT2D eigenvalue weighted by Crippen LogP contribution is 2.07. The number of carbonyl (C=O) groups is 2. The lowest BCUT2D eigenvalue weighted by Crippen LogP contribution is -2.12. The maximum absolute atomic E-state index is 11.7. The number of aromatic amines is 1. The van der Waals surface area contributed by atoms with Crippen molar-refractivity contribution >= 4 is 17.6 Å². The number of hydrogen-bond acceptors (Lipinski definition) is 5. The van der Waals surface area contributed by atoms with Crippen LogP contribution in [-0.4, -0.2) is 39.0 Å². The van der Waals surface area contributed by atoms with Gasteiger partial charge in [0.15, 0.2) is 0 Å². The van der Waals surface area contributed by atoms with Gasteiger partial charge in [0.2, 0.25) is 0 Å². The van der Waals surface area contributed by atoms with Crippen LogP contribution >= 0.6 is 0 Å². The molecule has 2 aromatic rings. The van der Waals surface area contributed by atoms with Crippen molar-refractivity contribution in [3.05, 3.63) is 30.4 Å². The molecule has 2 rings (SSSR count). The van der Waals surface area contributed by atoms with Gasteiger partial charge in [-0.3, -0.25) is 19.4 Å². The molecule has 94 valence electrons. The molecule has 8 nitrogen and oxygen atoms in total. The highest BCUT2D eigenvalue weighted by molar-refractivity contribution is 6.03. The predicted molar refractivity (Wildman–Crippen MR) is 60.8 cm³/mol. The number of esters is 1. The molecule has 2 aromatic heterocycles. The van der Waals surface area contributed by atoms with Gasteiger partial charge in [0, 0.05) is 12.4 Å². The normalized spacial score (nSPS) is 10.1. The molecule has 0 atom stereocenters. The first-order valence-corrected chi connectivity index (χ1v) is 5.08.